The van der Waals surface area contributed by atoms with Crippen molar-refractivity contribution in [3.05, 3.63) is 0 Å². The molecule has 0 rings (SSSR count). The van der Waals surface area contributed by atoms with Crippen molar-refractivity contribution >= 4 is 6.41 Å². The highest BCUT2D eigenvalue weighted by molar-refractivity contribution is 5.46. The van der Waals surface area contributed by atoms with E-state index in [1.54, 1.807) is 0 Å². The first-order valence-corrected chi connectivity index (χ1v) is 3.53. The molecule has 0 saturated carbocycles. The molecule has 0 fully saturated rings. The summed E-state index contributed by atoms with van der Waals surface area (Å²) in [5.41, 5.74) is 0. The number of rotatable bonds is 5. The van der Waals surface area contributed by atoms with Crippen molar-refractivity contribution in [2.75, 3.05) is 6.61 Å². The van der Waals surface area contributed by atoms with Gasteiger partial charge in [-0.1, -0.05) is 13.8 Å². The molecule has 0 bridgehead atoms. The van der Waals surface area contributed by atoms with Crippen LogP contribution in [0.5, 0.6) is 0 Å². The van der Waals surface area contributed by atoms with Crippen LogP contribution in [0.2, 0.25) is 0 Å². The van der Waals surface area contributed by atoms with E-state index in [9.17, 15) is 4.79 Å². The molecule has 1 atom stereocenters. The monoisotopic (exact) mass is 145 g/mol. The molecule has 3 nitrogen and oxygen atoms in total. The number of amides is 1. The molecular formula is C7H15NO2. The van der Waals surface area contributed by atoms with Crippen LogP contribution in [0.25, 0.3) is 0 Å². The molecule has 3 heteroatoms. The second-order valence-electron chi connectivity index (χ2n) is 2.40. The highest BCUT2D eigenvalue weighted by atomic mass is 16.5. The first-order chi connectivity index (χ1) is 4.72. The Morgan fingerprint density at radius 3 is 2.50 bits per heavy atom. The fraction of sp³-hybridized carbons (Fsp3) is 0.857. The lowest BCUT2D eigenvalue weighted by Crippen LogP contribution is -2.35. The molecule has 0 aliphatic carbocycles. The van der Waals surface area contributed by atoms with Crippen molar-refractivity contribution in [3.8, 4) is 0 Å². The SMILES string of the molecule is CCOC(NC=O)C(C)C. The third-order valence-electron chi connectivity index (χ3n) is 1.18. The lowest BCUT2D eigenvalue weighted by molar-refractivity contribution is -0.114. The number of nitrogens with one attached hydrogen (secondary N) is 1. The minimum absolute atomic E-state index is 0.137. The molecule has 0 radical (unpaired) electrons. The molecule has 0 aromatic heterocycles. The zero-order valence-electron chi connectivity index (χ0n) is 6.76. The highest BCUT2D eigenvalue weighted by Crippen LogP contribution is 2.01. The van der Waals surface area contributed by atoms with Gasteiger partial charge in [0.05, 0.1) is 0 Å². The van der Waals surface area contributed by atoms with Crippen LogP contribution >= 0.6 is 0 Å². The zero-order chi connectivity index (χ0) is 7.98. The molecule has 10 heavy (non-hydrogen) atoms. The Balaban J connectivity index is 3.60. The largest absolute Gasteiger partial charge is 0.359 e. The van der Waals surface area contributed by atoms with E-state index < -0.39 is 0 Å². The van der Waals surface area contributed by atoms with E-state index >= 15 is 0 Å². The minimum Gasteiger partial charge on any atom is -0.359 e. The predicted octanol–water partition coefficient (Wildman–Crippen LogP) is 0.751. The summed E-state index contributed by atoms with van der Waals surface area (Å²) in [6.45, 7) is 6.53. The molecule has 1 N–H and O–H groups in total. The third kappa shape index (κ3) is 3.45. The molecule has 0 aromatic rings. The van der Waals surface area contributed by atoms with Crippen LogP contribution in [0.4, 0.5) is 0 Å². The number of hydrogen-bond acceptors (Lipinski definition) is 2. The van der Waals surface area contributed by atoms with Crippen molar-refractivity contribution in [1.29, 1.82) is 0 Å². The quantitative estimate of drug-likeness (QED) is 0.458. The van der Waals surface area contributed by atoms with Gasteiger partial charge >= 0.3 is 0 Å². The van der Waals surface area contributed by atoms with Crippen LogP contribution in [-0.4, -0.2) is 19.2 Å². The highest BCUT2D eigenvalue weighted by Gasteiger charge is 2.10. The van der Waals surface area contributed by atoms with Crippen molar-refractivity contribution < 1.29 is 9.53 Å². The van der Waals surface area contributed by atoms with Gasteiger partial charge in [0.15, 0.2) is 0 Å². The molecule has 0 spiro atoms. The summed E-state index contributed by atoms with van der Waals surface area (Å²) in [6, 6.07) is 0. The summed E-state index contributed by atoms with van der Waals surface area (Å²) in [6.07, 6.45) is 0.530. The molecule has 0 heterocycles. The fourth-order valence-electron chi connectivity index (χ4n) is 0.680. The van der Waals surface area contributed by atoms with E-state index in [1.807, 2.05) is 20.8 Å². The number of ether oxygens (including phenoxy) is 1. The molecule has 60 valence electrons. The van der Waals surface area contributed by atoms with E-state index in [0.717, 1.165) is 0 Å². The second kappa shape index (κ2) is 5.23. The van der Waals surface area contributed by atoms with Crippen LogP contribution in [0.15, 0.2) is 0 Å². The van der Waals surface area contributed by atoms with Gasteiger partial charge in [-0.2, -0.15) is 0 Å². The van der Waals surface area contributed by atoms with Crippen LogP contribution in [0.3, 0.4) is 0 Å². The molecular weight excluding hydrogens is 130 g/mol. The third-order valence-corrected chi connectivity index (χ3v) is 1.18. The van der Waals surface area contributed by atoms with Crippen molar-refractivity contribution in [2.24, 2.45) is 5.92 Å². The van der Waals surface area contributed by atoms with E-state index in [-0.39, 0.29) is 6.23 Å². The lowest BCUT2D eigenvalue weighted by Gasteiger charge is -2.19. The van der Waals surface area contributed by atoms with Crippen LogP contribution < -0.4 is 5.32 Å². The van der Waals surface area contributed by atoms with Crippen molar-refractivity contribution in [1.82, 2.24) is 5.32 Å². The molecule has 0 aliphatic heterocycles. The molecule has 1 amide bonds. The number of carbonyl (C=O) groups is 1. The summed E-state index contributed by atoms with van der Waals surface area (Å²) in [7, 11) is 0. The van der Waals surface area contributed by atoms with Gasteiger partial charge in [-0.3, -0.25) is 4.79 Å². The molecule has 0 saturated heterocycles. The maximum atomic E-state index is 10.0. The summed E-state index contributed by atoms with van der Waals surface area (Å²) in [4.78, 5) is 10.0. The second-order valence-corrected chi connectivity index (χ2v) is 2.40. The Morgan fingerprint density at radius 2 is 2.20 bits per heavy atom. The lowest BCUT2D eigenvalue weighted by atomic mass is 10.2. The summed E-state index contributed by atoms with van der Waals surface area (Å²) < 4.78 is 5.20. The maximum absolute atomic E-state index is 10.0. The van der Waals surface area contributed by atoms with Gasteiger partial charge in [0.1, 0.15) is 6.23 Å². The van der Waals surface area contributed by atoms with Gasteiger partial charge in [0, 0.05) is 6.61 Å². The first kappa shape index (κ1) is 9.43. The standard InChI is InChI=1S/C7H15NO2/c1-4-10-7(6(2)3)8-5-9/h5-7H,4H2,1-3H3,(H,8,9). The summed E-state index contributed by atoms with van der Waals surface area (Å²) >= 11 is 0. The van der Waals surface area contributed by atoms with Gasteiger partial charge in [-0.05, 0) is 12.8 Å². The Hall–Kier alpha value is -0.570. The van der Waals surface area contributed by atoms with Crippen molar-refractivity contribution in [3.63, 3.8) is 0 Å². The number of carbonyl (C=O) groups excluding carboxylic acids is 1. The van der Waals surface area contributed by atoms with E-state index in [4.69, 9.17) is 4.74 Å². The van der Waals surface area contributed by atoms with E-state index in [1.165, 1.54) is 0 Å². The average Bonchev–Trinajstić information content (AvgIpc) is 1.87. The Kier molecular flexibility index (Phi) is 4.94. The van der Waals surface area contributed by atoms with Crippen LogP contribution in [0, 0.1) is 5.92 Å². The van der Waals surface area contributed by atoms with Crippen LogP contribution in [0.1, 0.15) is 20.8 Å². The Labute approximate surface area is 61.8 Å². The summed E-state index contributed by atoms with van der Waals surface area (Å²) in [5.74, 6) is 0.324. The molecule has 1 unspecified atom stereocenters. The Bertz CT molecular complexity index is 93.6. The van der Waals surface area contributed by atoms with Gasteiger partial charge in [0.2, 0.25) is 6.41 Å². The maximum Gasteiger partial charge on any atom is 0.209 e. The predicted molar refractivity (Wildman–Crippen MR) is 39.5 cm³/mol. The van der Waals surface area contributed by atoms with Crippen LogP contribution in [-0.2, 0) is 9.53 Å². The fourth-order valence-corrected chi connectivity index (χ4v) is 0.680. The van der Waals surface area contributed by atoms with Gasteiger partial charge in [-0.25, -0.2) is 0 Å². The minimum atomic E-state index is -0.137. The van der Waals surface area contributed by atoms with Gasteiger partial charge < -0.3 is 10.1 Å². The number of hydrogen-bond donors (Lipinski definition) is 1. The normalized spacial score (nSPS) is 13.2. The first-order valence-electron chi connectivity index (χ1n) is 3.53. The average molecular weight is 145 g/mol. The van der Waals surface area contributed by atoms with Gasteiger partial charge in [0.25, 0.3) is 0 Å². The van der Waals surface area contributed by atoms with E-state index in [2.05, 4.69) is 5.32 Å². The molecule has 0 aliphatic rings. The smallest absolute Gasteiger partial charge is 0.209 e. The van der Waals surface area contributed by atoms with Crippen molar-refractivity contribution in [2.45, 2.75) is 27.0 Å². The topological polar surface area (TPSA) is 38.3 Å². The van der Waals surface area contributed by atoms with E-state index in [0.29, 0.717) is 18.9 Å². The summed E-state index contributed by atoms with van der Waals surface area (Å²) in [5, 5.41) is 2.58. The zero-order valence-corrected chi connectivity index (χ0v) is 6.76. The molecule has 0 aromatic carbocycles. The Morgan fingerprint density at radius 1 is 1.60 bits per heavy atom. The van der Waals surface area contributed by atoms with Gasteiger partial charge in [-0.15, -0.1) is 0 Å².